The maximum Gasteiger partial charge on any atom is 0.255 e. The number of amides is 1. The lowest BCUT2D eigenvalue weighted by Gasteiger charge is -2.31. The van der Waals surface area contributed by atoms with Crippen molar-refractivity contribution in [2.24, 2.45) is 0 Å². The summed E-state index contributed by atoms with van der Waals surface area (Å²) in [5.74, 6) is 0.793. The maximum absolute atomic E-state index is 12.9. The first-order valence-corrected chi connectivity index (χ1v) is 9.22. The molecule has 0 bridgehead atoms. The lowest BCUT2D eigenvalue weighted by Crippen LogP contribution is -2.42. The molecule has 0 N–H and O–H groups in total. The summed E-state index contributed by atoms with van der Waals surface area (Å²) in [6.45, 7) is 2.93. The van der Waals surface area contributed by atoms with E-state index < -0.39 is 6.10 Å². The Hall–Kier alpha value is -1.85. The average molecular weight is 404 g/mol. The molecule has 0 saturated heterocycles. The Balaban J connectivity index is 1.67. The summed E-state index contributed by atoms with van der Waals surface area (Å²) in [7, 11) is 1.64. The molecule has 0 aliphatic carbocycles. The van der Waals surface area contributed by atoms with Crippen molar-refractivity contribution in [3.8, 4) is 5.75 Å². The van der Waals surface area contributed by atoms with Crippen LogP contribution in [0, 0.1) is 0 Å². The van der Waals surface area contributed by atoms with Crippen LogP contribution in [0.1, 0.15) is 24.5 Å². The molecule has 25 heavy (non-hydrogen) atoms. The van der Waals surface area contributed by atoms with Crippen molar-refractivity contribution in [1.82, 2.24) is 0 Å². The van der Waals surface area contributed by atoms with E-state index in [1.807, 2.05) is 48.2 Å². The number of hydrogen-bond acceptors (Lipinski definition) is 3. The van der Waals surface area contributed by atoms with Crippen LogP contribution in [-0.4, -0.2) is 25.7 Å². The van der Waals surface area contributed by atoms with Crippen molar-refractivity contribution in [1.29, 1.82) is 0 Å². The van der Waals surface area contributed by atoms with Crippen LogP contribution in [0.25, 0.3) is 0 Å². The lowest BCUT2D eigenvalue weighted by molar-refractivity contribution is -0.129. The highest BCUT2D eigenvalue weighted by molar-refractivity contribution is 9.10. The average Bonchev–Trinajstić information content (AvgIpc) is 2.64. The minimum absolute atomic E-state index is 0.00571. The number of anilines is 1. The number of hydrogen-bond donors (Lipinski definition) is 0. The Morgan fingerprint density at radius 1 is 1.28 bits per heavy atom. The minimum Gasteiger partial charge on any atom is -0.497 e. The summed E-state index contributed by atoms with van der Waals surface area (Å²) >= 11 is 3.50. The number of fused-ring (bicyclic) bond motifs is 1. The zero-order valence-corrected chi connectivity index (χ0v) is 16.1. The SMILES string of the molecule is COc1cccc(COC(C)C(=O)N2CCCc3cc(Br)ccc32)c1. The second-order valence-corrected chi connectivity index (χ2v) is 7.09. The van der Waals surface area contributed by atoms with Crippen molar-refractivity contribution in [3.63, 3.8) is 0 Å². The van der Waals surface area contributed by atoms with Crippen molar-refractivity contribution < 1.29 is 14.3 Å². The normalized spacial score (nSPS) is 14.8. The van der Waals surface area contributed by atoms with E-state index in [9.17, 15) is 4.79 Å². The fourth-order valence-electron chi connectivity index (χ4n) is 3.07. The number of ether oxygens (including phenoxy) is 2. The van der Waals surface area contributed by atoms with Gasteiger partial charge in [0.05, 0.1) is 13.7 Å². The first kappa shape index (κ1) is 18.0. The van der Waals surface area contributed by atoms with E-state index in [1.54, 1.807) is 7.11 Å². The van der Waals surface area contributed by atoms with Gasteiger partial charge in [-0.3, -0.25) is 4.79 Å². The first-order chi connectivity index (χ1) is 12.1. The molecule has 3 rings (SSSR count). The van der Waals surface area contributed by atoms with Crippen molar-refractivity contribution in [3.05, 3.63) is 58.1 Å². The van der Waals surface area contributed by atoms with E-state index in [0.29, 0.717) is 6.61 Å². The number of aryl methyl sites for hydroxylation is 1. The zero-order valence-electron chi connectivity index (χ0n) is 14.5. The highest BCUT2D eigenvalue weighted by Gasteiger charge is 2.26. The van der Waals surface area contributed by atoms with Gasteiger partial charge in [0, 0.05) is 16.7 Å². The van der Waals surface area contributed by atoms with Crippen LogP contribution in [0.2, 0.25) is 0 Å². The van der Waals surface area contributed by atoms with Gasteiger partial charge in [0.1, 0.15) is 11.9 Å². The van der Waals surface area contributed by atoms with Crippen LogP contribution >= 0.6 is 15.9 Å². The largest absolute Gasteiger partial charge is 0.497 e. The number of nitrogens with zero attached hydrogens (tertiary/aromatic N) is 1. The van der Waals surface area contributed by atoms with Crippen LogP contribution in [-0.2, 0) is 22.6 Å². The predicted octanol–water partition coefficient (Wildman–Crippen LogP) is 4.34. The predicted molar refractivity (Wildman–Crippen MR) is 102 cm³/mol. The second kappa shape index (κ2) is 8.02. The molecule has 2 aromatic rings. The minimum atomic E-state index is -0.499. The molecule has 1 unspecified atom stereocenters. The molecule has 5 heteroatoms. The summed E-state index contributed by atoms with van der Waals surface area (Å²) in [5.41, 5.74) is 3.19. The Morgan fingerprint density at radius 2 is 2.12 bits per heavy atom. The third kappa shape index (κ3) is 4.22. The monoisotopic (exact) mass is 403 g/mol. The molecule has 1 aliphatic heterocycles. The number of benzene rings is 2. The van der Waals surface area contributed by atoms with Gasteiger partial charge < -0.3 is 14.4 Å². The molecule has 4 nitrogen and oxygen atoms in total. The molecule has 1 aliphatic rings. The number of halogens is 1. The summed E-state index contributed by atoms with van der Waals surface area (Å²) in [4.78, 5) is 14.7. The number of carbonyl (C=O) groups is 1. The fourth-order valence-corrected chi connectivity index (χ4v) is 3.48. The van der Waals surface area contributed by atoms with Crippen LogP contribution in [0.5, 0.6) is 5.75 Å². The van der Waals surface area contributed by atoms with Crippen LogP contribution in [0.15, 0.2) is 46.9 Å². The van der Waals surface area contributed by atoms with Crippen LogP contribution in [0.3, 0.4) is 0 Å². The summed E-state index contributed by atoms with van der Waals surface area (Å²) < 4.78 is 12.1. The zero-order chi connectivity index (χ0) is 17.8. The maximum atomic E-state index is 12.9. The molecule has 1 amide bonds. The van der Waals surface area contributed by atoms with Gasteiger partial charge in [-0.2, -0.15) is 0 Å². The molecule has 0 fully saturated rings. The highest BCUT2D eigenvalue weighted by atomic mass is 79.9. The van der Waals surface area contributed by atoms with Gasteiger partial charge in [0.2, 0.25) is 0 Å². The topological polar surface area (TPSA) is 38.8 Å². The van der Waals surface area contributed by atoms with E-state index in [2.05, 4.69) is 22.0 Å². The molecule has 132 valence electrons. The van der Waals surface area contributed by atoms with E-state index in [4.69, 9.17) is 9.47 Å². The Labute approximate surface area is 156 Å². The molecule has 2 aromatic carbocycles. The molecule has 0 aromatic heterocycles. The van der Waals surface area contributed by atoms with Crippen molar-refractivity contribution in [2.75, 3.05) is 18.6 Å². The van der Waals surface area contributed by atoms with Crippen molar-refractivity contribution in [2.45, 2.75) is 32.5 Å². The van der Waals surface area contributed by atoms with Gasteiger partial charge >= 0.3 is 0 Å². The van der Waals surface area contributed by atoms with E-state index >= 15 is 0 Å². The Kier molecular flexibility index (Phi) is 5.76. The quantitative estimate of drug-likeness (QED) is 0.744. The molecule has 0 saturated carbocycles. The lowest BCUT2D eigenvalue weighted by atomic mass is 10.0. The van der Waals surface area contributed by atoms with E-state index in [-0.39, 0.29) is 5.91 Å². The third-order valence-electron chi connectivity index (χ3n) is 4.41. The van der Waals surface area contributed by atoms with Gasteiger partial charge in [-0.1, -0.05) is 28.1 Å². The second-order valence-electron chi connectivity index (χ2n) is 6.17. The standard InChI is InChI=1S/C20H22BrNO3/c1-14(25-13-15-5-3-7-18(11-15)24-2)20(23)22-10-4-6-16-12-17(21)8-9-19(16)22/h3,5,7-9,11-12,14H,4,6,10,13H2,1-2H3. The van der Waals surface area contributed by atoms with Crippen LogP contribution in [0.4, 0.5) is 5.69 Å². The van der Waals surface area contributed by atoms with Gasteiger partial charge in [-0.15, -0.1) is 0 Å². The molecular weight excluding hydrogens is 382 g/mol. The van der Waals surface area contributed by atoms with Crippen LogP contribution < -0.4 is 9.64 Å². The number of carbonyl (C=O) groups excluding carboxylic acids is 1. The van der Waals surface area contributed by atoms with Gasteiger partial charge in [-0.05, 0) is 61.2 Å². The summed E-state index contributed by atoms with van der Waals surface area (Å²) in [6.07, 6.45) is 1.47. The fraction of sp³-hybridized carbons (Fsp3) is 0.350. The van der Waals surface area contributed by atoms with Crippen molar-refractivity contribution >= 4 is 27.5 Å². The Morgan fingerprint density at radius 3 is 2.92 bits per heavy atom. The molecule has 0 spiro atoms. The Bertz CT molecular complexity index is 762. The molecule has 1 atom stereocenters. The van der Waals surface area contributed by atoms with E-state index in [1.165, 1.54) is 5.56 Å². The van der Waals surface area contributed by atoms with Gasteiger partial charge in [-0.25, -0.2) is 0 Å². The molecule has 1 heterocycles. The van der Waals surface area contributed by atoms with E-state index in [0.717, 1.165) is 40.9 Å². The summed E-state index contributed by atoms with van der Waals surface area (Å²) in [5, 5.41) is 0. The third-order valence-corrected chi connectivity index (χ3v) is 4.90. The molecular formula is C20H22BrNO3. The van der Waals surface area contributed by atoms with Gasteiger partial charge in [0.15, 0.2) is 0 Å². The van der Waals surface area contributed by atoms with Gasteiger partial charge in [0.25, 0.3) is 5.91 Å². The first-order valence-electron chi connectivity index (χ1n) is 8.43. The number of rotatable bonds is 5. The highest BCUT2D eigenvalue weighted by Crippen LogP contribution is 2.30. The molecule has 0 radical (unpaired) electrons. The number of methoxy groups -OCH3 is 1. The summed E-state index contributed by atoms with van der Waals surface area (Å²) in [6, 6.07) is 13.8. The smallest absolute Gasteiger partial charge is 0.255 e.